The predicted molar refractivity (Wildman–Crippen MR) is 60.6 cm³/mol. The third-order valence-corrected chi connectivity index (χ3v) is 3.04. The van der Waals surface area contributed by atoms with Gasteiger partial charge >= 0.3 is 0 Å². The molecule has 0 spiro atoms. The molecule has 82 valence electrons. The van der Waals surface area contributed by atoms with Gasteiger partial charge in [0.15, 0.2) is 0 Å². The Hall–Kier alpha value is -1.18. The van der Waals surface area contributed by atoms with Crippen molar-refractivity contribution in [1.82, 2.24) is 0 Å². The molecule has 0 aliphatic carbocycles. The molecule has 1 heterocycles. The summed E-state index contributed by atoms with van der Waals surface area (Å²) in [5, 5.41) is 9.67. The summed E-state index contributed by atoms with van der Waals surface area (Å²) < 4.78 is 5.91. The Kier molecular flexibility index (Phi) is 2.18. The minimum atomic E-state index is -0.101. The Bertz CT molecular complexity index is 394. The van der Waals surface area contributed by atoms with Crippen molar-refractivity contribution in [2.24, 2.45) is 0 Å². The standard InChI is InChI=1S/C13H18O2/c1-8-5-12-10(6-11(8)14)9(2)7-13(3,4)15-12/h5-6,9,14H,7H2,1-4H3. The Morgan fingerprint density at radius 3 is 2.73 bits per heavy atom. The van der Waals surface area contributed by atoms with E-state index in [-0.39, 0.29) is 5.60 Å². The maximum absolute atomic E-state index is 9.67. The summed E-state index contributed by atoms with van der Waals surface area (Å²) in [5.41, 5.74) is 1.90. The molecular weight excluding hydrogens is 188 g/mol. The lowest BCUT2D eigenvalue weighted by Gasteiger charge is -2.36. The highest BCUT2D eigenvalue weighted by atomic mass is 16.5. The van der Waals surface area contributed by atoms with Crippen LogP contribution in [0.5, 0.6) is 11.5 Å². The van der Waals surface area contributed by atoms with Crippen molar-refractivity contribution < 1.29 is 9.84 Å². The lowest BCUT2D eigenvalue weighted by atomic mass is 9.85. The summed E-state index contributed by atoms with van der Waals surface area (Å²) in [7, 11) is 0. The van der Waals surface area contributed by atoms with Crippen LogP contribution in [-0.2, 0) is 0 Å². The summed E-state index contributed by atoms with van der Waals surface area (Å²) in [6.07, 6.45) is 0.989. The van der Waals surface area contributed by atoms with Gasteiger partial charge < -0.3 is 9.84 Å². The van der Waals surface area contributed by atoms with Gasteiger partial charge in [-0.25, -0.2) is 0 Å². The van der Waals surface area contributed by atoms with Crippen LogP contribution >= 0.6 is 0 Å². The van der Waals surface area contributed by atoms with Gasteiger partial charge in [-0.15, -0.1) is 0 Å². The molecule has 0 amide bonds. The van der Waals surface area contributed by atoms with Gasteiger partial charge in [0.2, 0.25) is 0 Å². The van der Waals surface area contributed by atoms with E-state index in [1.165, 1.54) is 0 Å². The topological polar surface area (TPSA) is 29.5 Å². The third kappa shape index (κ3) is 1.81. The molecule has 1 unspecified atom stereocenters. The van der Waals surface area contributed by atoms with Crippen molar-refractivity contribution in [3.63, 3.8) is 0 Å². The predicted octanol–water partition coefficient (Wildman–Crippen LogP) is 3.37. The lowest BCUT2D eigenvalue weighted by molar-refractivity contribution is 0.0744. The largest absolute Gasteiger partial charge is 0.508 e. The van der Waals surface area contributed by atoms with E-state index in [0.717, 1.165) is 23.3 Å². The Labute approximate surface area is 90.9 Å². The van der Waals surface area contributed by atoms with Crippen LogP contribution in [0, 0.1) is 6.92 Å². The smallest absolute Gasteiger partial charge is 0.124 e. The van der Waals surface area contributed by atoms with Crippen LogP contribution < -0.4 is 4.74 Å². The van der Waals surface area contributed by atoms with Crippen molar-refractivity contribution >= 4 is 0 Å². The first-order valence-electron chi connectivity index (χ1n) is 5.41. The molecule has 1 N–H and O–H groups in total. The van der Waals surface area contributed by atoms with Gasteiger partial charge in [0.25, 0.3) is 0 Å². The average molecular weight is 206 g/mol. The molecule has 0 saturated carbocycles. The van der Waals surface area contributed by atoms with E-state index in [1.54, 1.807) is 0 Å². The van der Waals surface area contributed by atoms with E-state index in [1.807, 2.05) is 19.1 Å². The zero-order valence-electron chi connectivity index (χ0n) is 9.79. The van der Waals surface area contributed by atoms with Crippen LogP contribution in [0.3, 0.4) is 0 Å². The highest BCUT2D eigenvalue weighted by Gasteiger charge is 2.31. The first kappa shape index (κ1) is 10.3. The molecule has 0 aromatic heterocycles. The summed E-state index contributed by atoms with van der Waals surface area (Å²) >= 11 is 0. The molecule has 0 bridgehead atoms. The van der Waals surface area contributed by atoms with Crippen molar-refractivity contribution in [1.29, 1.82) is 0 Å². The van der Waals surface area contributed by atoms with E-state index in [0.29, 0.717) is 11.7 Å². The fourth-order valence-electron chi connectivity index (χ4n) is 2.35. The van der Waals surface area contributed by atoms with Crippen LogP contribution in [-0.4, -0.2) is 10.7 Å². The number of rotatable bonds is 0. The first-order valence-corrected chi connectivity index (χ1v) is 5.41. The third-order valence-electron chi connectivity index (χ3n) is 3.04. The molecular formula is C13H18O2. The zero-order valence-corrected chi connectivity index (χ0v) is 9.79. The monoisotopic (exact) mass is 206 g/mol. The van der Waals surface area contributed by atoms with Crippen molar-refractivity contribution in [3.05, 3.63) is 23.3 Å². The van der Waals surface area contributed by atoms with Gasteiger partial charge in [0, 0.05) is 5.56 Å². The minimum Gasteiger partial charge on any atom is -0.508 e. The van der Waals surface area contributed by atoms with Crippen molar-refractivity contribution in [3.8, 4) is 11.5 Å². The number of benzene rings is 1. The van der Waals surface area contributed by atoms with Gasteiger partial charge in [-0.1, -0.05) is 6.92 Å². The highest BCUT2D eigenvalue weighted by Crippen LogP contribution is 2.42. The van der Waals surface area contributed by atoms with E-state index in [9.17, 15) is 5.11 Å². The molecule has 15 heavy (non-hydrogen) atoms. The number of phenolic OH excluding ortho intramolecular Hbond substituents is 1. The molecule has 0 radical (unpaired) electrons. The van der Waals surface area contributed by atoms with Crippen molar-refractivity contribution in [2.45, 2.75) is 45.6 Å². The number of hydrogen-bond donors (Lipinski definition) is 1. The molecule has 1 aromatic carbocycles. The second kappa shape index (κ2) is 3.16. The van der Waals surface area contributed by atoms with E-state index >= 15 is 0 Å². The molecule has 1 aromatic rings. The van der Waals surface area contributed by atoms with Gasteiger partial charge in [-0.05, 0) is 50.8 Å². The molecule has 2 heteroatoms. The van der Waals surface area contributed by atoms with Gasteiger partial charge in [0.05, 0.1) is 0 Å². The lowest BCUT2D eigenvalue weighted by Crippen LogP contribution is -2.34. The number of aryl methyl sites for hydroxylation is 1. The van der Waals surface area contributed by atoms with E-state index < -0.39 is 0 Å². The summed E-state index contributed by atoms with van der Waals surface area (Å²) in [6.45, 7) is 8.28. The zero-order chi connectivity index (χ0) is 11.2. The molecule has 0 saturated heterocycles. The number of hydrogen-bond acceptors (Lipinski definition) is 2. The average Bonchev–Trinajstić information content (AvgIpc) is 2.07. The number of phenols is 1. The maximum atomic E-state index is 9.67. The number of ether oxygens (including phenoxy) is 1. The Morgan fingerprint density at radius 1 is 1.40 bits per heavy atom. The second-order valence-electron chi connectivity index (χ2n) is 5.14. The maximum Gasteiger partial charge on any atom is 0.124 e. The molecule has 2 rings (SSSR count). The molecule has 1 atom stereocenters. The fraction of sp³-hybridized carbons (Fsp3) is 0.538. The fourth-order valence-corrected chi connectivity index (χ4v) is 2.35. The van der Waals surface area contributed by atoms with E-state index in [4.69, 9.17) is 4.74 Å². The van der Waals surface area contributed by atoms with Crippen LogP contribution in [0.1, 0.15) is 44.2 Å². The normalized spacial score (nSPS) is 23.1. The summed E-state index contributed by atoms with van der Waals surface area (Å²) in [5.74, 6) is 1.73. The van der Waals surface area contributed by atoms with Crippen molar-refractivity contribution in [2.75, 3.05) is 0 Å². The number of aromatic hydroxyl groups is 1. The Balaban J connectivity index is 2.51. The molecule has 1 aliphatic heterocycles. The van der Waals surface area contributed by atoms with Gasteiger partial charge in [-0.3, -0.25) is 0 Å². The second-order valence-corrected chi connectivity index (χ2v) is 5.14. The van der Waals surface area contributed by atoms with Crippen LogP contribution in [0.15, 0.2) is 12.1 Å². The summed E-state index contributed by atoms with van der Waals surface area (Å²) in [6, 6.07) is 3.77. The van der Waals surface area contributed by atoms with Gasteiger partial charge in [-0.2, -0.15) is 0 Å². The first-order chi connectivity index (χ1) is 6.89. The SMILES string of the molecule is Cc1cc2c(cc1O)C(C)CC(C)(C)O2. The van der Waals surface area contributed by atoms with Crippen LogP contribution in [0.2, 0.25) is 0 Å². The van der Waals surface area contributed by atoms with Gasteiger partial charge in [0.1, 0.15) is 17.1 Å². The van der Waals surface area contributed by atoms with Crippen LogP contribution in [0.4, 0.5) is 0 Å². The quantitative estimate of drug-likeness (QED) is 0.705. The number of fused-ring (bicyclic) bond motifs is 1. The molecule has 1 aliphatic rings. The molecule has 0 fully saturated rings. The van der Waals surface area contributed by atoms with E-state index in [2.05, 4.69) is 20.8 Å². The minimum absolute atomic E-state index is 0.101. The highest BCUT2D eigenvalue weighted by molar-refractivity contribution is 5.48. The van der Waals surface area contributed by atoms with Crippen LogP contribution in [0.25, 0.3) is 0 Å². The summed E-state index contributed by atoms with van der Waals surface area (Å²) in [4.78, 5) is 0. The molecule has 2 nitrogen and oxygen atoms in total. The Morgan fingerprint density at radius 2 is 2.07 bits per heavy atom.